The lowest BCUT2D eigenvalue weighted by molar-refractivity contribution is -0.107. The second-order valence-corrected chi connectivity index (χ2v) is 12.5. The third-order valence-electron chi connectivity index (χ3n) is 8.07. The number of unbranched alkanes of at least 4 members (excludes halogenated alkanes) is 22. The molecular formula is C35H73NO3. The Morgan fingerprint density at radius 1 is 0.462 bits per heavy atom. The third-order valence-corrected chi connectivity index (χ3v) is 8.07. The zero-order valence-corrected chi connectivity index (χ0v) is 27.5. The summed E-state index contributed by atoms with van der Waals surface area (Å²) < 4.78 is 12.3. The molecule has 0 radical (unpaired) electrons. The van der Waals surface area contributed by atoms with Crippen LogP contribution in [0.15, 0.2) is 0 Å². The normalized spacial score (nSPS) is 14.2. The van der Waals surface area contributed by atoms with E-state index < -0.39 is 6.23 Å². The Morgan fingerprint density at radius 3 is 1.10 bits per heavy atom. The molecule has 2 N–H and O–H groups in total. The van der Waals surface area contributed by atoms with Gasteiger partial charge in [-0.1, -0.05) is 169 Å². The molecule has 39 heavy (non-hydrogen) atoms. The van der Waals surface area contributed by atoms with Crippen LogP contribution in [0.5, 0.6) is 0 Å². The molecule has 0 amide bonds. The van der Waals surface area contributed by atoms with Crippen molar-refractivity contribution in [1.29, 1.82) is 0 Å². The minimum atomic E-state index is -0.574. The third kappa shape index (κ3) is 27.8. The fourth-order valence-corrected chi connectivity index (χ4v) is 5.13. The fourth-order valence-electron chi connectivity index (χ4n) is 5.13. The van der Waals surface area contributed by atoms with E-state index in [1.807, 2.05) is 13.8 Å². The average molecular weight is 556 g/mol. The highest BCUT2D eigenvalue weighted by Gasteiger charge is 2.22. The van der Waals surface area contributed by atoms with Crippen LogP contribution >= 0.6 is 0 Å². The quantitative estimate of drug-likeness (QED) is 0.0640. The molecule has 4 nitrogen and oxygen atoms in total. The number of hydrogen-bond acceptors (Lipinski definition) is 4. The van der Waals surface area contributed by atoms with Gasteiger partial charge in [0.1, 0.15) is 12.5 Å². The molecule has 0 rings (SSSR count). The molecular weight excluding hydrogens is 482 g/mol. The zero-order chi connectivity index (χ0) is 28.8. The molecule has 0 aliphatic rings. The van der Waals surface area contributed by atoms with Crippen LogP contribution in [0.4, 0.5) is 0 Å². The van der Waals surface area contributed by atoms with Crippen LogP contribution < -0.4 is 5.32 Å². The lowest BCUT2D eigenvalue weighted by Gasteiger charge is -2.29. The van der Waals surface area contributed by atoms with Crippen molar-refractivity contribution in [3.05, 3.63) is 0 Å². The maximum atomic E-state index is 10.4. The van der Waals surface area contributed by atoms with Gasteiger partial charge in [0.2, 0.25) is 0 Å². The van der Waals surface area contributed by atoms with Crippen LogP contribution in [0.2, 0.25) is 0 Å². The molecule has 0 spiro atoms. The van der Waals surface area contributed by atoms with Crippen molar-refractivity contribution in [2.24, 2.45) is 5.92 Å². The first kappa shape index (κ1) is 38.8. The molecule has 236 valence electrons. The van der Waals surface area contributed by atoms with Crippen molar-refractivity contribution in [3.63, 3.8) is 0 Å². The maximum absolute atomic E-state index is 10.4. The van der Waals surface area contributed by atoms with Crippen LogP contribution in [0.25, 0.3) is 0 Å². The Bertz CT molecular complexity index is 459. The number of aliphatic hydroxyl groups is 1. The Morgan fingerprint density at radius 2 is 0.769 bits per heavy atom. The highest BCUT2D eigenvalue weighted by atomic mass is 16.5. The predicted octanol–water partition coefficient (Wildman–Crippen LogP) is 10.7. The second kappa shape index (κ2) is 30.8. The standard InChI is InChI=1S/C35H73NO3/c1-6-8-10-12-14-16-18-20-22-24-26-28-30-38-33(5)35(36-34(37)32(3)4)39-31-29-27-25-23-21-19-17-15-13-11-9-7-2/h32-37H,6-31H2,1-5H3. The van der Waals surface area contributed by atoms with E-state index in [2.05, 4.69) is 26.1 Å². The molecule has 0 aromatic rings. The van der Waals surface area contributed by atoms with E-state index in [1.165, 1.54) is 141 Å². The second-order valence-electron chi connectivity index (χ2n) is 12.5. The minimum Gasteiger partial charge on any atom is -0.378 e. The molecule has 0 aromatic heterocycles. The minimum absolute atomic E-state index is 0.0663. The van der Waals surface area contributed by atoms with Gasteiger partial charge < -0.3 is 14.6 Å². The van der Waals surface area contributed by atoms with Crippen LogP contribution in [-0.2, 0) is 9.47 Å². The highest BCUT2D eigenvalue weighted by molar-refractivity contribution is 4.69. The molecule has 0 fully saturated rings. The van der Waals surface area contributed by atoms with Crippen molar-refractivity contribution in [1.82, 2.24) is 5.32 Å². The average Bonchev–Trinajstić information content (AvgIpc) is 2.92. The molecule has 0 aromatic carbocycles. The summed E-state index contributed by atoms with van der Waals surface area (Å²) in [5.41, 5.74) is 0. The van der Waals surface area contributed by atoms with Gasteiger partial charge in [0.25, 0.3) is 0 Å². The SMILES string of the molecule is CCCCCCCCCCCCCCOC(C)C(NC(O)C(C)C)OCCCCCCCCCCCCCC. The van der Waals surface area contributed by atoms with Gasteiger partial charge in [-0.25, -0.2) is 0 Å². The Balaban J connectivity index is 3.86. The zero-order valence-electron chi connectivity index (χ0n) is 27.5. The molecule has 0 saturated carbocycles. The number of rotatable bonds is 32. The molecule has 3 unspecified atom stereocenters. The van der Waals surface area contributed by atoms with Gasteiger partial charge in [-0.05, 0) is 25.7 Å². The van der Waals surface area contributed by atoms with E-state index in [0.29, 0.717) is 0 Å². The molecule has 0 heterocycles. The molecule has 0 aliphatic heterocycles. The Hall–Kier alpha value is -0.160. The van der Waals surface area contributed by atoms with E-state index >= 15 is 0 Å². The summed E-state index contributed by atoms with van der Waals surface area (Å²) in [5, 5.41) is 13.7. The first-order valence-corrected chi connectivity index (χ1v) is 17.7. The van der Waals surface area contributed by atoms with Crippen LogP contribution in [0.1, 0.15) is 189 Å². The van der Waals surface area contributed by atoms with E-state index in [-0.39, 0.29) is 18.2 Å². The molecule has 0 aliphatic carbocycles. The largest absolute Gasteiger partial charge is 0.378 e. The molecule has 3 atom stereocenters. The summed E-state index contributed by atoms with van der Waals surface area (Å²) in [6, 6.07) is 0. The summed E-state index contributed by atoms with van der Waals surface area (Å²) in [5.74, 6) is 0.145. The van der Waals surface area contributed by atoms with Crippen molar-refractivity contribution < 1.29 is 14.6 Å². The van der Waals surface area contributed by atoms with Gasteiger partial charge in [0.15, 0.2) is 0 Å². The number of nitrogens with one attached hydrogen (secondary N) is 1. The highest BCUT2D eigenvalue weighted by Crippen LogP contribution is 2.14. The summed E-state index contributed by atoms with van der Waals surface area (Å²) in [7, 11) is 0. The van der Waals surface area contributed by atoms with Crippen molar-refractivity contribution in [2.45, 2.75) is 207 Å². The molecule has 4 heteroatoms. The van der Waals surface area contributed by atoms with E-state index in [1.54, 1.807) is 0 Å². The first-order valence-electron chi connectivity index (χ1n) is 17.7. The van der Waals surface area contributed by atoms with Crippen molar-refractivity contribution >= 4 is 0 Å². The van der Waals surface area contributed by atoms with Gasteiger partial charge in [-0.15, -0.1) is 0 Å². The van der Waals surface area contributed by atoms with Crippen molar-refractivity contribution in [2.75, 3.05) is 13.2 Å². The smallest absolute Gasteiger partial charge is 0.136 e. The van der Waals surface area contributed by atoms with Gasteiger partial charge in [0, 0.05) is 13.2 Å². The lowest BCUT2D eigenvalue weighted by atomic mass is 10.1. The fraction of sp³-hybridized carbons (Fsp3) is 1.00. The predicted molar refractivity (Wildman–Crippen MR) is 171 cm³/mol. The lowest BCUT2D eigenvalue weighted by Crippen LogP contribution is -2.49. The summed E-state index contributed by atoms with van der Waals surface area (Å²) in [6.45, 7) is 12.2. The van der Waals surface area contributed by atoms with Crippen LogP contribution in [0.3, 0.4) is 0 Å². The summed E-state index contributed by atoms with van der Waals surface area (Å²) >= 11 is 0. The Kier molecular flexibility index (Phi) is 30.7. The number of aliphatic hydroxyl groups excluding tert-OH is 1. The van der Waals surface area contributed by atoms with Gasteiger partial charge in [0.05, 0.1) is 6.10 Å². The topological polar surface area (TPSA) is 50.7 Å². The molecule has 0 bridgehead atoms. The number of hydrogen-bond donors (Lipinski definition) is 2. The van der Waals surface area contributed by atoms with Gasteiger partial charge in [-0.3, -0.25) is 5.32 Å². The van der Waals surface area contributed by atoms with Crippen LogP contribution in [-0.4, -0.2) is 36.9 Å². The maximum Gasteiger partial charge on any atom is 0.136 e. The van der Waals surface area contributed by atoms with Gasteiger partial charge in [-0.2, -0.15) is 0 Å². The monoisotopic (exact) mass is 556 g/mol. The molecule has 0 saturated heterocycles. The summed E-state index contributed by atoms with van der Waals surface area (Å²) in [6.07, 6.45) is 31.5. The van der Waals surface area contributed by atoms with Crippen LogP contribution in [0, 0.1) is 5.92 Å². The van der Waals surface area contributed by atoms with E-state index in [9.17, 15) is 5.11 Å². The van der Waals surface area contributed by atoms with Crippen molar-refractivity contribution in [3.8, 4) is 0 Å². The van der Waals surface area contributed by atoms with E-state index in [0.717, 1.165) is 26.1 Å². The number of ether oxygens (including phenoxy) is 2. The summed E-state index contributed by atoms with van der Waals surface area (Å²) in [4.78, 5) is 0. The van der Waals surface area contributed by atoms with Gasteiger partial charge >= 0.3 is 0 Å². The Labute approximate surface area is 246 Å². The van der Waals surface area contributed by atoms with E-state index in [4.69, 9.17) is 9.47 Å². The first-order chi connectivity index (χ1) is 19.0.